The Hall–Kier alpha value is -7.55. The van der Waals surface area contributed by atoms with Crippen LogP contribution < -0.4 is 27.2 Å². The maximum absolute atomic E-state index is 14.0. The van der Waals surface area contributed by atoms with E-state index < -0.39 is 71.3 Å². The molecule has 382 valence electrons. The van der Waals surface area contributed by atoms with E-state index in [0.29, 0.717) is 29.1 Å². The molecule has 0 bridgehead atoms. The van der Waals surface area contributed by atoms with Gasteiger partial charge in [-0.15, -0.1) is 0 Å². The summed E-state index contributed by atoms with van der Waals surface area (Å²) < 4.78 is 12.5. The van der Waals surface area contributed by atoms with Crippen molar-refractivity contribution in [1.29, 1.82) is 0 Å². The number of hydrogen-bond acceptors (Lipinski definition) is 15. The number of esters is 1. The Balaban J connectivity index is 0.843. The van der Waals surface area contributed by atoms with Gasteiger partial charge in [-0.2, -0.15) is 0 Å². The summed E-state index contributed by atoms with van der Waals surface area (Å²) in [6.07, 6.45) is 2.49. The molecule has 2 aromatic heterocycles. The maximum Gasteiger partial charge on any atom is 0.343 e. The summed E-state index contributed by atoms with van der Waals surface area (Å²) >= 11 is 0. The molecule has 1 aliphatic carbocycles. The first-order valence-corrected chi connectivity index (χ1v) is 24.3. The molecule has 5 amide bonds. The summed E-state index contributed by atoms with van der Waals surface area (Å²) in [5, 5.41) is 20.0. The fraction of sp³-hybridized carbons (Fsp3) is 0.415. The van der Waals surface area contributed by atoms with Gasteiger partial charge in [-0.05, 0) is 85.4 Å². The van der Waals surface area contributed by atoms with Crippen molar-refractivity contribution >= 4 is 63.8 Å². The number of hydrogen-bond donors (Lipinski definition) is 5. The number of nitrogens with one attached hydrogen (secondary N) is 3. The molecule has 4 aliphatic rings. The van der Waals surface area contributed by atoms with Crippen molar-refractivity contribution in [3.8, 4) is 11.4 Å². The number of rotatable bonds is 22. The van der Waals surface area contributed by atoms with Gasteiger partial charge in [0.15, 0.2) is 23.0 Å². The topological polar surface area (TPSA) is 293 Å². The Kier molecular flexibility index (Phi) is 15.4. The van der Waals surface area contributed by atoms with Gasteiger partial charge in [0.1, 0.15) is 26.0 Å². The molecule has 4 aromatic rings. The summed E-state index contributed by atoms with van der Waals surface area (Å²) in [6.45, 7) is 4.18. The standard InChI is InChI=1S/C53H57N7O13/c1-4-53(71)37-21-40-49-35(24-59(40)51(69)36(37)26-73-52(53)70)47-31(10-12-34-29(3)28(2)18-39(58-49)48(34)47)20-33(62)25-72-27-56-43(64)15-13-42(63)38(19-30-8-6-5-7-9-30)57-44(65)14-11-32(61)23-55-50(68)41(22-54)60-45(66)16-17-46(60)67/h5-9,16-18,21,31,38,41,71H,4,10-15,19-20,22-27,54H2,1-3H3,(H,55,68)(H,56,64)(H,57,65)/t31-,38+,41-,53+/m1/s1. The highest BCUT2D eigenvalue weighted by Crippen LogP contribution is 2.47. The predicted molar refractivity (Wildman–Crippen MR) is 261 cm³/mol. The molecular formula is C53H57N7O13. The molecule has 6 N–H and O–H groups in total. The van der Waals surface area contributed by atoms with E-state index >= 15 is 0 Å². The number of cyclic esters (lactones) is 1. The summed E-state index contributed by atoms with van der Waals surface area (Å²) in [5.74, 6) is -5.62. The molecule has 0 fully saturated rings. The van der Waals surface area contributed by atoms with Gasteiger partial charge in [-0.1, -0.05) is 37.3 Å². The van der Waals surface area contributed by atoms with E-state index in [1.807, 2.05) is 13.0 Å². The van der Waals surface area contributed by atoms with Crippen molar-refractivity contribution in [2.45, 2.75) is 115 Å². The van der Waals surface area contributed by atoms with Crippen molar-refractivity contribution in [1.82, 2.24) is 30.4 Å². The number of carbonyl (C=O) groups excluding carboxylic acids is 9. The summed E-state index contributed by atoms with van der Waals surface area (Å²) in [7, 11) is 0. The van der Waals surface area contributed by atoms with E-state index in [9.17, 15) is 53.1 Å². The van der Waals surface area contributed by atoms with Crippen molar-refractivity contribution in [3.05, 3.63) is 109 Å². The largest absolute Gasteiger partial charge is 0.458 e. The van der Waals surface area contributed by atoms with E-state index in [2.05, 4.69) is 22.9 Å². The van der Waals surface area contributed by atoms with Gasteiger partial charge in [0.2, 0.25) is 17.7 Å². The van der Waals surface area contributed by atoms with E-state index in [0.717, 1.165) is 56.4 Å². The molecule has 0 saturated heterocycles. The fourth-order valence-corrected chi connectivity index (χ4v) is 10.2. The first-order chi connectivity index (χ1) is 34.9. The molecule has 20 heteroatoms. The number of benzene rings is 2. The third-order valence-corrected chi connectivity index (χ3v) is 14.3. The first-order valence-electron chi connectivity index (χ1n) is 24.3. The highest BCUT2D eigenvalue weighted by Gasteiger charge is 2.46. The van der Waals surface area contributed by atoms with Crippen LogP contribution in [0, 0.1) is 13.8 Å². The van der Waals surface area contributed by atoms with Gasteiger partial charge in [-0.25, -0.2) is 9.78 Å². The average Bonchev–Trinajstić information content (AvgIpc) is 3.92. The van der Waals surface area contributed by atoms with E-state index in [1.54, 1.807) is 47.9 Å². The number of fused-ring (bicyclic) bond motifs is 5. The zero-order valence-electron chi connectivity index (χ0n) is 40.8. The first kappa shape index (κ1) is 51.8. The average molecular weight is 1000 g/mol. The van der Waals surface area contributed by atoms with Gasteiger partial charge in [0, 0.05) is 67.3 Å². The molecule has 20 nitrogen and oxygen atoms in total. The van der Waals surface area contributed by atoms with Crippen LogP contribution in [0.4, 0.5) is 0 Å². The molecular weight excluding hydrogens is 943 g/mol. The smallest absolute Gasteiger partial charge is 0.343 e. The van der Waals surface area contributed by atoms with Crippen LogP contribution in [0.1, 0.15) is 102 Å². The Morgan fingerprint density at radius 3 is 2.36 bits per heavy atom. The number of nitrogens with two attached hydrogens (primary N) is 1. The number of aromatic nitrogens is 2. The number of amides is 5. The van der Waals surface area contributed by atoms with E-state index in [-0.39, 0.29) is 106 Å². The Morgan fingerprint density at radius 1 is 0.918 bits per heavy atom. The summed E-state index contributed by atoms with van der Waals surface area (Å²) in [4.78, 5) is 135. The molecule has 8 rings (SSSR count). The lowest BCUT2D eigenvalue weighted by Gasteiger charge is -2.31. The van der Waals surface area contributed by atoms with Crippen molar-refractivity contribution in [2.24, 2.45) is 5.73 Å². The molecule has 3 aliphatic heterocycles. The number of pyridine rings is 2. The SMILES string of the molecule is CC[C@@]1(O)C(=O)OCc2c1cc1n(c2=O)Cc2c-1nc1cc(C)c(C)c3c1c2[C@@H](CC(=O)COCNC(=O)CCC(=O)[C@H](Cc1ccccc1)NC(=O)CCC(=O)CNC(=O)[C@@H](CN)N1C(=O)C=CC1=O)CC3. The normalized spacial score (nSPS) is 18.1. The molecule has 73 heavy (non-hydrogen) atoms. The van der Waals surface area contributed by atoms with Gasteiger partial charge in [0.25, 0.3) is 17.4 Å². The van der Waals surface area contributed by atoms with Crippen molar-refractivity contribution in [3.63, 3.8) is 0 Å². The molecule has 0 unspecified atom stereocenters. The van der Waals surface area contributed by atoms with Crippen LogP contribution in [-0.4, -0.2) is 111 Å². The van der Waals surface area contributed by atoms with Gasteiger partial charge in [0.05, 0.1) is 41.6 Å². The lowest BCUT2D eigenvalue weighted by molar-refractivity contribution is -0.172. The number of aliphatic hydroxyl groups is 1. The zero-order chi connectivity index (χ0) is 52.3. The lowest BCUT2D eigenvalue weighted by atomic mass is 9.76. The lowest BCUT2D eigenvalue weighted by Crippen LogP contribution is -2.54. The van der Waals surface area contributed by atoms with Gasteiger partial charge < -0.3 is 40.8 Å². The molecule has 0 radical (unpaired) electrons. The van der Waals surface area contributed by atoms with Crippen LogP contribution in [0.3, 0.4) is 0 Å². The molecule has 4 atom stereocenters. The van der Waals surface area contributed by atoms with Gasteiger partial charge >= 0.3 is 5.97 Å². The number of carbonyl (C=O) groups is 9. The van der Waals surface area contributed by atoms with E-state index in [1.165, 1.54) is 0 Å². The molecule has 2 aromatic carbocycles. The highest BCUT2D eigenvalue weighted by atomic mass is 16.6. The fourth-order valence-electron chi connectivity index (χ4n) is 10.2. The molecule has 0 saturated carbocycles. The highest BCUT2D eigenvalue weighted by molar-refractivity contribution is 6.15. The maximum atomic E-state index is 14.0. The number of nitrogens with zero attached hydrogens (tertiary/aromatic N) is 3. The number of Topliss-reactive ketones (excluding diaryl/α,β-unsaturated/α-hetero) is 3. The zero-order valence-corrected chi connectivity index (χ0v) is 40.8. The monoisotopic (exact) mass is 999 g/mol. The minimum Gasteiger partial charge on any atom is -0.458 e. The minimum absolute atomic E-state index is 0.00905. The number of ketones is 3. The second kappa shape index (κ2) is 21.7. The third kappa shape index (κ3) is 10.5. The Bertz CT molecular complexity index is 3060. The minimum atomic E-state index is -1.98. The molecule has 5 heterocycles. The second-order valence-corrected chi connectivity index (χ2v) is 18.9. The number of imide groups is 1. The third-order valence-electron chi connectivity index (χ3n) is 14.3. The summed E-state index contributed by atoms with van der Waals surface area (Å²) in [5.41, 5.74) is 11.2. The Morgan fingerprint density at radius 2 is 1.64 bits per heavy atom. The number of aryl methyl sites for hydroxylation is 2. The predicted octanol–water partition coefficient (Wildman–Crippen LogP) is 1.57. The molecule has 0 spiro atoms. The van der Waals surface area contributed by atoms with Crippen molar-refractivity contribution in [2.75, 3.05) is 26.4 Å². The second-order valence-electron chi connectivity index (χ2n) is 18.9. The van der Waals surface area contributed by atoms with Gasteiger partial charge in [-0.3, -0.25) is 48.1 Å². The van der Waals surface area contributed by atoms with Crippen LogP contribution in [0.25, 0.3) is 22.3 Å². The van der Waals surface area contributed by atoms with Crippen LogP contribution in [0.15, 0.2) is 59.4 Å². The van der Waals surface area contributed by atoms with E-state index in [4.69, 9.17) is 20.2 Å². The van der Waals surface area contributed by atoms with Crippen LogP contribution in [0.2, 0.25) is 0 Å². The quantitative estimate of drug-likeness (QED) is 0.0285. The van der Waals surface area contributed by atoms with Crippen LogP contribution in [-0.2, 0) is 84.2 Å². The van der Waals surface area contributed by atoms with Crippen molar-refractivity contribution < 1.29 is 57.7 Å². The summed E-state index contributed by atoms with van der Waals surface area (Å²) in [6, 6.07) is 10.2. The Labute approximate surface area is 419 Å². The number of ether oxygens (including phenoxy) is 2. The van der Waals surface area contributed by atoms with Crippen LogP contribution in [0.5, 0.6) is 0 Å². The van der Waals surface area contributed by atoms with Crippen LogP contribution >= 0.6 is 0 Å².